The van der Waals surface area contributed by atoms with Crippen LogP contribution in [0, 0.1) is 0 Å². The predicted molar refractivity (Wildman–Crippen MR) is 78.2 cm³/mol. The third kappa shape index (κ3) is 11.7. The fourth-order valence-electron chi connectivity index (χ4n) is 1.07. The second-order valence-electron chi connectivity index (χ2n) is 3.31. The fraction of sp³-hybridized carbons (Fsp3) is 0.750. The third-order valence-corrected chi connectivity index (χ3v) is 2.59. The number of hydrogen-bond donors (Lipinski definition) is 3. The van der Waals surface area contributed by atoms with Crippen molar-refractivity contribution in [3.63, 3.8) is 0 Å². The van der Waals surface area contributed by atoms with Gasteiger partial charge in [-0.1, -0.05) is 36.4 Å². The number of nitrogens with two attached hydrogens (primary N) is 1. The van der Waals surface area contributed by atoms with Gasteiger partial charge in [-0.05, 0) is 19.8 Å². The van der Waals surface area contributed by atoms with E-state index in [0.29, 0.717) is 13.0 Å². The Bertz CT molecular complexity index is 210. The lowest BCUT2D eigenvalue weighted by atomic mass is 10.1. The van der Waals surface area contributed by atoms with E-state index in [4.69, 9.17) is 5.73 Å². The van der Waals surface area contributed by atoms with Crippen LogP contribution in [0.15, 0.2) is 12.3 Å². The Balaban J connectivity index is 0. The molecule has 4 nitrogen and oxygen atoms in total. The summed E-state index contributed by atoms with van der Waals surface area (Å²) < 4.78 is 0. The summed E-state index contributed by atoms with van der Waals surface area (Å²) in [7, 11) is 0. The largest absolute Gasteiger partial charge is 0.388 e. The lowest BCUT2D eigenvalue weighted by molar-refractivity contribution is -0.122. The van der Waals surface area contributed by atoms with Crippen molar-refractivity contribution in [2.45, 2.75) is 39.7 Å². The molecule has 0 heterocycles. The van der Waals surface area contributed by atoms with Gasteiger partial charge in [0.25, 0.3) is 0 Å². The first-order valence-electron chi connectivity index (χ1n) is 6.12. The van der Waals surface area contributed by atoms with E-state index < -0.39 is 6.04 Å². The highest BCUT2D eigenvalue weighted by Crippen LogP contribution is 1.96. The lowest BCUT2D eigenvalue weighted by Gasteiger charge is -2.11. The predicted octanol–water partition coefficient (Wildman–Crippen LogP) is 1.75. The molecule has 0 aliphatic carbocycles. The summed E-state index contributed by atoms with van der Waals surface area (Å²) in [4.78, 5) is 11.2. The second-order valence-corrected chi connectivity index (χ2v) is 3.87. The molecule has 0 aromatic rings. The Labute approximate surface area is 114 Å². The Morgan fingerprint density at radius 3 is 2.47 bits per heavy atom. The van der Waals surface area contributed by atoms with Gasteiger partial charge in [0.1, 0.15) is 0 Å². The van der Waals surface area contributed by atoms with Crippen LogP contribution in [0.5, 0.6) is 0 Å². The van der Waals surface area contributed by atoms with Crippen molar-refractivity contribution in [1.82, 2.24) is 10.6 Å². The van der Waals surface area contributed by atoms with E-state index in [1.165, 1.54) is 0 Å². The number of likely N-dealkylation sites (N-methyl/N-ethyl adjacent to an activating group) is 1. The molecule has 0 saturated heterocycles. The van der Waals surface area contributed by atoms with Gasteiger partial charge in [0.15, 0.2) is 0 Å². The van der Waals surface area contributed by atoms with Crippen LogP contribution in [0.4, 0.5) is 0 Å². The molecule has 0 aliphatic rings. The first-order chi connectivity index (χ1) is 8.11. The SMILES string of the molecule is C=C(CBr)NCCCC(N)C(=O)NCC.CC. The van der Waals surface area contributed by atoms with Crippen molar-refractivity contribution in [2.75, 3.05) is 18.4 Å². The maximum atomic E-state index is 11.2. The molecule has 0 aliphatic heterocycles. The normalized spacial score (nSPS) is 10.9. The molecule has 5 heteroatoms. The molecule has 0 fully saturated rings. The molecule has 4 N–H and O–H groups in total. The van der Waals surface area contributed by atoms with Crippen LogP contribution < -0.4 is 16.4 Å². The smallest absolute Gasteiger partial charge is 0.236 e. The number of carbonyl (C=O) groups excluding carboxylic acids is 1. The zero-order valence-corrected chi connectivity index (χ0v) is 12.8. The molecule has 1 unspecified atom stereocenters. The molecule has 0 saturated carbocycles. The zero-order chi connectivity index (χ0) is 13.7. The van der Waals surface area contributed by atoms with Gasteiger partial charge in [0.05, 0.1) is 6.04 Å². The van der Waals surface area contributed by atoms with Gasteiger partial charge < -0.3 is 16.4 Å². The average Bonchev–Trinajstić information content (AvgIpc) is 2.36. The molecule has 102 valence electrons. The highest BCUT2D eigenvalue weighted by atomic mass is 79.9. The van der Waals surface area contributed by atoms with E-state index in [1.54, 1.807) is 0 Å². The van der Waals surface area contributed by atoms with Crippen LogP contribution in [-0.2, 0) is 4.79 Å². The second kappa shape index (κ2) is 13.5. The molecular weight excluding hydrogens is 282 g/mol. The highest BCUT2D eigenvalue weighted by Gasteiger charge is 2.10. The van der Waals surface area contributed by atoms with Crippen LogP contribution in [0.1, 0.15) is 33.6 Å². The number of alkyl halides is 1. The molecule has 17 heavy (non-hydrogen) atoms. The van der Waals surface area contributed by atoms with Gasteiger partial charge in [-0.25, -0.2) is 0 Å². The third-order valence-electron chi connectivity index (χ3n) is 1.92. The molecular formula is C12H26BrN3O. The van der Waals surface area contributed by atoms with Gasteiger partial charge in [-0.2, -0.15) is 0 Å². The van der Waals surface area contributed by atoms with E-state index in [2.05, 4.69) is 33.1 Å². The van der Waals surface area contributed by atoms with E-state index in [9.17, 15) is 4.79 Å². The maximum absolute atomic E-state index is 11.2. The van der Waals surface area contributed by atoms with Crippen LogP contribution in [0.3, 0.4) is 0 Å². The van der Waals surface area contributed by atoms with Crippen molar-refractivity contribution in [2.24, 2.45) is 5.73 Å². The summed E-state index contributed by atoms with van der Waals surface area (Å²) in [5.41, 5.74) is 6.63. The van der Waals surface area contributed by atoms with Crippen LogP contribution >= 0.6 is 15.9 Å². The summed E-state index contributed by atoms with van der Waals surface area (Å²) in [6.07, 6.45) is 1.55. The minimum atomic E-state index is -0.399. The molecule has 0 radical (unpaired) electrons. The van der Waals surface area contributed by atoms with Crippen LogP contribution in [0.2, 0.25) is 0 Å². The lowest BCUT2D eigenvalue weighted by Crippen LogP contribution is -2.40. The van der Waals surface area contributed by atoms with Gasteiger partial charge in [-0.15, -0.1) is 0 Å². The number of nitrogens with one attached hydrogen (secondary N) is 2. The van der Waals surface area contributed by atoms with Gasteiger partial charge in [0.2, 0.25) is 5.91 Å². The number of amides is 1. The van der Waals surface area contributed by atoms with Gasteiger partial charge in [0, 0.05) is 24.1 Å². The Morgan fingerprint density at radius 2 is 2.00 bits per heavy atom. The standard InChI is InChI=1S/C10H20BrN3O.C2H6/c1-3-13-10(15)9(12)5-4-6-14-8(2)7-11;1-2/h9,14H,2-7,12H2,1H3,(H,13,15);1-2H3. The first kappa shape index (κ1) is 18.8. The van der Waals surface area contributed by atoms with Gasteiger partial charge in [-0.3, -0.25) is 4.79 Å². The van der Waals surface area contributed by atoms with Crippen molar-refractivity contribution in [1.29, 1.82) is 0 Å². The summed E-state index contributed by atoms with van der Waals surface area (Å²) in [5.74, 6) is -0.0724. The number of carbonyl (C=O) groups is 1. The minimum Gasteiger partial charge on any atom is -0.388 e. The summed E-state index contributed by atoms with van der Waals surface area (Å²) in [5, 5.41) is 6.57. The average molecular weight is 308 g/mol. The molecule has 0 aromatic carbocycles. The highest BCUT2D eigenvalue weighted by molar-refractivity contribution is 9.09. The van der Waals surface area contributed by atoms with E-state index in [-0.39, 0.29) is 5.91 Å². The quantitative estimate of drug-likeness (QED) is 0.473. The van der Waals surface area contributed by atoms with Crippen molar-refractivity contribution in [3.8, 4) is 0 Å². The molecule has 0 bridgehead atoms. The topological polar surface area (TPSA) is 67.1 Å². The molecule has 0 rings (SSSR count). The summed E-state index contributed by atoms with van der Waals surface area (Å²) in [6, 6.07) is -0.399. The summed E-state index contributed by atoms with van der Waals surface area (Å²) >= 11 is 3.29. The molecule has 1 amide bonds. The number of halogens is 1. The van der Waals surface area contributed by atoms with Crippen LogP contribution in [-0.4, -0.2) is 30.4 Å². The first-order valence-corrected chi connectivity index (χ1v) is 7.24. The number of rotatable bonds is 8. The fourth-order valence-corrected chi connectivity index (χ4v) is 1.27. The van der Waals surface area contributed by atoms with E-state index in [1.807, 2.05) is 20.8 Å². The van der Waals surface area contributed by atoms with E-state index >= 15 is 0 Å². The molecule has 0 aromatic heterocycles. The van der Waals surface area contributed by atoms with Gasteiger partial charge >= 0.3 is 0 Å². The monoisotopic (exact) mass is 307 g/mol. The Morgan fingerprint density at radius 1 is 1.41 bits per heavy atom. The summed E-state index contributed by atoms with van der Waals surface area (Å²) in [6.45, 7) is 11.1. The Hall–Kier alpha value is -0.550. The van der Waals surface area contributed by atoms with Crippen molar-refractivity contribution in [3.05, 3.63) is 12.3 Å². The Kier molecular flexibility index (Phi) is 15.0. The maximum Gasteiger partial charge on any atom is 0.236 e. The number of hydrogen-bond acceptors (Lipinski definition) is 3. The minimum absolute atomic E-state index is 0.0724. The van der Waals surface area contributed by atoms with Crippen molar-refractivity contribution >= 4 is 21.8 Å². The number of allylic oxidation sites excluding steroid dienone is 1. The van der Waals surface area contributed by atoms with Crippen molar-refractivity contribution < 1.29 is 4.79 Å². The van der Waals surface area contributed by atoms with Crippen LogP contribution in [0.25, 0.3) is 0 Å². The van der Waals surface area contributed by atoms with E-state index in [0.717, 1.165) is 24.0 Å². The molecule has 1 atom stereocenters. The zero-order valence-electron chi connectivity index (χ0n) is 11.2. The molecule has 0 spiro atoms.